The van der Waals surface area contributed by atoms with Crippen molar-refractivity contribution < 1.29 is 0 Å². The molecule has 2 rings (SSSR count). The molecule has 0 saturated carbocycles. The highest BCUT2D eigenvalue weighted by atomic mass is 79.9. The zero-order valence-electron chi connectivity index (χ0n) is 8.39. The van der Waals surface area contributed by atoms with Gasteiger partial charge < -0.3 is 5.32 Å². The van der Waals surface area contributed by atoms with Crippen molar-refractivity contribution in [1.29, 1.82) is 0 Å². The van der Waals surface area contributed by atoms with Crippen molar-refractivity contribution in [2.75, 3.05) is 6.54 Å². The Bertz CT molecular complexity index is 299. The van der Waals surface area contributed by atoms with Gasteiger partial charge in [0.05, 0.1) is 0 Å². The number of rotatable bonds is 1. The normalized spacial score (nSPS) is 22.3. The second kappa shape index (κ2) is 4.41. The Balaban J connectivity index is 2.29. The topological polar surface area (TPSA) is 24.9 Å². The SMILES string of the molecule is Cc1cncc(Br)c1C1CCCCN1. The maximum Gasteiger partial charge on any atom is 0.0413 e. The number of pyridine rings is 1. The average Bonchev–Trinajstić information content (AvgIpc) is 2.19. The largest absolute Gasteiger partial charge is 0.310 e. The monoisotopic (exact) mass is 254 g/mol. The fourth-order valence-electron chi connectivity index (χ4n) is 2.08. The average molecular weight is 255 g/mol. The molecule has 2 nitrogen and oxygen atoms in total. The van der Waals surface area contributed by atoms with Crippen molar-refractivity contribution in [3.8, 4) is 0 Å². The number of aromatic nitrogens is 1. The fraction of sp³-hybridized carbons (Fsp3) is 0.545. The summed E-state index contributed by atoms with van der Waals surface area (Å²) in [5.74, 6) is 0. The first kappa shape index (κ1) is 10.1. The van der Waals surface area contributed by atoms with E-state index in [4.69, 9.17) is 0 Å². The smallest absolute Gasteiger partial charge is 0.0413 e. The first-order valence-electron chi connectivity index (χ1n) is 5.12. The van der Waals surface area contributed by atoms with Gasteiger partial charge >= 0.3 is 0 Å². The van der Waals surface area contributed by atoms with E-state index in [1.54, 1.807) is 0 Å². The van der Waals surface area contributed by atoms with Gasteiger partial charge in [-0.2, -0.15) is 0 Å². The van der Waals surface area contributed by atoms with Crippen LogP contribution in [0.1, 0.15) is 36.4 Å². The molecule has 1 atom stereocenters. The number of nitrogens with one attached hydrogen (secondary N) is 1. The predicted octanol–water partition coefficient (Wildman–Crippen LogP) is 2.97. The van der Waals surface area contributed by atoms with Crippen molar-refractivity contribution in [2.24, 2.45) is 0 Å². The highest BCUT2D eigenvalue weighted by molar-refractivity contribution is 9.10. The van der Waals surface area contributed by atoms with E-state index in [9.17, 15) is 0 Å². The van der Waals surface area contributed by atoms with E-state index in [-0.39, 0.29) is 0 Å². The minimum Gasteiger partial charge on any atom is -0.310 e. The summed E-state index contributed by atoms with van der Waals surface area (Å²) >= 11 is 3.58. The van der Waals surface area contributed by atoms with Crippen molar-refractivity contribution in [1.82, 2.24) is 10.3 Å². The third-order valence-corrected chi connectivity index (χ3v) is 3.43. The molecular weight excluding hydrogens is 240 g/mol. The summed E-state index contributed by atoms with van der Waals surface area (Å²) < 4.78 is 1.14. The third-order valence-electron chi connectivity index (χ3n) is 2.80. The van der Waals surface area contributed by atoms with Crippen LogP contribution in [0.3, 0.4) is 0 Å². The zero-order chi connectivity index (χ0) is 9.97. The van der Waals surface area contributed by atoms with Gasteiger partial charge in [0.1, 0.15) is 0 Å². The molecule has 1 aliphatic heterocycles. The maximum atomic E-state index is 4.16. The number of nitrogens with zero attached hydrogens (tertiary/aromatic N) is 1. The molecule has 0 aliphatic carbocycles. The van der Waals surface area contributed by atoms with Crippen LogP contribution >= 0.6 is 15.9 Å². The Hall–Kier alpha value is -0.410. The van der Waals surface area contributed by atoms with Crippen LogP contribution < -0.4 is 5.32 Å². The molecule has 1 saturated heterocycles. The molecule has 1 aromatic rings. The number of hydrogen-bond acceptors (Lipinski definition) is 2. The Kier molecular flexibility index (Phi) is 3.19. The molecule has 3 heteroatoms. The molecular formula is C11H15BrN2. The zero-order valence-corrected chi connectivity index (χ0v) is 9.97. The van der Waals surface area contributed by atoms with Crippen LogP contribution in [0.2, 0.25) is 0 Å². The number of halogens is 1. The van der Waals surface area contributed by atoms with Gasteiger partial charge in [-0.05, 0) is 53.4 Å². The van der Waals surface area contributed by atoms with Crippen LogP contribution in [0.5, 0.6) is 0 Å². The summed E-state index contributed by atoms with van der Waals surface area (Å²) in [5.41, 5.74) is 2.67. The molecule has 1 aromatic heterocycles. The van der Waals surface area contributed by atoms with E-state index in [1.807, 2.05) is 12.4 Å². The lowest BCUT2D eigenvalue weighted by atomic mass is 9.95. The maximum absolute atomic E-state index is 4.16. The standard InChI is InChI=1S/C11H15BrN2/c1-8-6-13-7-9(12)11(8)10-4-2-3-5-14-10/h6-7,10,14H,2-5H2,1H3. The lowest BCUT2D eigenvalue weighted by Gasteiger charge is -2.25. The summed E-state index contributed by atoms with van der Waals surface area (Å²) in [5, 5.41) is 3.56. The summed E-state index contributed by atoms with van der Waals surface area (Å²) in [7, 11) is 0. The van der Waals surface area contributed by atoms with Gasteiger partial charge in [-0.15, -0.1) is 0 Å². The minimum absolute atomic E-state index is 0.515. The predicted molar refractivity (Wildman–Crippen MR) is 61.3 cm³/mol. The third kappa shape index (κ3) is 1.98. The van der Waals surface area contributed by atoms with E-state index < -0.39 is 0 Å². The van der Waals surface area contributed by atoms with Gasteiger partial charge in [-0.3, -0.25) is 4.98 Å². The van der Waals surface area contributed by atoms with Crippen LogP contribution in [-0.2, 0) is 0 Å². The molecule has 0 radical (unpaired) electrons. The summed E-state index contributed by atoms with van der Waals surface area (Å²) in [4.78, 5) is 4.16. The minimum atomic E-state index is 0.515. The highest BCUT2D eigenvalue weighted by Gasteiger charge is 2.18. The first-order chi connectivity index (χ1) is 6.79. The van der Waals surface area contributed by atoms with E-state index in [2.05, 4.69) is 33.2 Å². The second-order valence-corrected chi connectivity index (χ2v) is 4.71. The quantitative estimate of drug-likeness (QED) is 0.834. The van der Waals surface area contributed by atoms with Crippen LogP contribution in [0, 0.1) is 6.92 Å². The Labute approximate surface area is 93.3 Å². The van der Waals surface area contributed by atoms with Gasteiger partial charge in [0, 0.05) is 22.9 Å². The fourth-order valence-corrected chi connectivity index (χ4v) is 2.79. The lowest BCUT2D eigenvalue weighted by Crippen LogP contribution is -2.27. The van der Waals surface area contributed by atoms with Crippen molar-refractivity contribution in [3.05, 3.63) is 28.0 Å². The van der Waals surface area contributed by atoms with E-state index in [0.717, 1.165) is 11.0 Å². The van der Waals surface area contributed by atoms with Crippen LogP contribution in [0.15, 0.2) is 16.9 Å². The molecule has 0 amide bonds. The lowest BCUT2D eigenvalue weighted by molar-refractivity contribution is 0.410. The van der Waals surface area contributed by atoms with Gasteiger partial charge in [0.15, 0.2) is 0 Å². The Morgan fingerprint density at radius 2 is 2.29 bits per heavy atom. The highest BCUT2D eigenvalue weighted by Crippen LogP contribution is 2.30. The molecule has 1 unspecified atom stereocenters. The van der Waals surface area contributed by atoms with Crippen molar-refractivity contribution in [3.63, 3.8) is 0 Å². The van der Waals surface area contributed by atoms with Crippen molar-refractivity contribution in [2.45, 2.75) is 32.2 Å². The number of piperidine rings is 1. The van der Waals surface area contributed by atoms with Gasteiger partial charge in [0.25, 0.3) is 0 Å². The molecule has 2 heterocycles. The molecule has 14 heavy (non-hydrogen) atoms. The van der Waals surface area contributed by atoms with E-state index >= 15 is 0 Å². The number of aryl methyl sites for hydroxylation is 1. The van der Waals surface area contributed by atoms with Crippen LogP contribution in [-0.4, -0.2) is 11.5 Å². The summed E-state index contributed by atoms with van der Waals surface area (Å²) in [6.45, 7) is 3.27. The summed E-state index contributed by atoms with van der Waals surface area (Å²) in [6.07, 6.45) is 7.70. The summed E-state index contributed by atoms with van der Waals surface area (Å²) in [6, 6.07) is 0.515. The van der Waals surface area contributed by atoms with Gasteiger partial charge in [-0.1, -0.05) is 6.42 Å². The van der Waals surface area contributed by atoms with Gasteiger partial charge in [0.2, 0.25) is 0 Å². The Morgan fingerprint density at radius 1 is 1.43 bits per heavy atom. The molecule has 0 aromatic carbocycles. The molecule has 1 N–H and O–H groups in total. The van der Waals surface area contributed by atoms with E-state index in [1.165, 1.54) is 30.4 Å². The van der Waals surface area contributed by atoms with Gasteiger partial charge in [-0.25, -0.2) is 0 Å². The molecule has 76 valence electrons. The second-order valence-electron chi connectivity index (χ2n) is 3.85. The van der Waals surface area contributed by atoms with Crippen LogP contribution in [0.25, 0.3) is 0 Å². The molecule has 1 fully saturated rings. The van der Waals surface area contributed by atoms with E-state index in [0.29, 0.717) is 6.04 Å². The van der Waals surface area contributed by atoms with Crippen LogP contribution in [0.4, 0.5) is 0 Å². The van der Waals surface area contributed by atoms with Crippen molar-refractivity contribution >= 4 is 15.9 Å². The molecule has 0 bridgehead atoms. The molecule has 0 spiro atoms. The molecule has 1 aliphatic rings. The number of hydrogen-bond donors (Lipinski definition) is 1. The Morgan fingerprint density at radius 3 is 2.93 bits per heavy atom. The first-order valence-corrected chi connectivity index (χ1v) is 5.91.